The van der Waals surface area contributed by atoms with Crippen molar-refractivity contribution < 1.29 is 5.11 Å². The number of nitrogens with one attached hydrogen (secondary N) is 2. The van der Waals surface area contributed by atoms with Crippen molar-refractivity contribution in [2.24, 2.45) is 11.8 Å². The molecule has 0 amide bonds. The number of aromatic nitrogens is 2. The molecule has 6 heteroatoms. The normalized spacial score (nSPS) is 27.0. The molecule has 106 valence electrons. The lowest BCUT2D eigenvalue weighted by molar-refractivity contribution is 0.00223. The number of rotatable bonds is 5. The molecular formula is C13H23N5O. The summed E-state index contributed by atoms with van der Waals surface area (Å²) in [7, 11) is 0. The maximum atomic E-state index is 10.5. The molecule has 1 aliphatic rings. The first-order chi connectivity index (χ1) is 9.15. The molecule has 0 bridgehead atoms. The Balaban J connectivity index is 1.87. The number of nitrogens with two attached hydrogens (primary N) is 1. The second-order valence-electron chi connectivity index (χ2n) is 5.36. The molecule has 0 spiro atoms. The smallest absolute Gasteiger partial charge is 0.145 e. The van der Waals surface area contributed by atoms with Crippen LogP contribution in [0, 0.1) is 5.92 Å². The number of anilines is 2. The fourth-order valence-corrected chi connectivity index (χ4v) is 2.59. The van der Waals surface area contributed by atoms with Gasteiger partial charge in [-0.15, -0.1) is 0 Å². The van der Waals surface area contributed by atoms with Gasteiger partial charge in [-0.2, -0.15) is 0 Å². The topological polar surface area (TPSA) is 96.1 Å². The molecule has 6 nitrogen and oxygen atoms in total. The van der Waals surface area contributed by atoms with Gasteiger partial charge in [0.2, 0.25) is 0 Å². The van der Waals surface area contributed by atoms with E-state index in [0.29, 0.717) is 18.2 Å². The largest absolute Gasteiger partial charge is 0.388 e. The lowest BCUT2D eigenvalue weighted by Crippen LogP contribution is -2.40. The average Bonchev–Trinajstić information content (AvgIpc) is 2.46. The van der Waals surface area contributed by atoms with Gasteiger partial charge < -0.3 is 15.8 Å². The van der Waals surface area contributed by atoms with Crippen molar-refractivity contribution >= 4 is 11.6 Å². The SMILES string of the molecule is CCC1CCC(O)(CNc2cc(NN)ncn2)CC1. The van der Waals surface area contributed by atoms with Gasteiger partial charge in [-0.1, -0.05) is 13.3 Å². The molecule has 0 saturated heterocycles. The molecule has 0 radical (unpaired) electrons. The Morgan fingerprint density at radius 2 is 2.05 bits per heavy atom. The Morgan fingerprint density at radius 1 is 1.37 bits per heavy atom. The van der Waals surface area contributed by atoms with E-state index in [0.717, 1.165) is 31.6 Å². The molecule has 1 aromatic rings. The molecule has 0 unspecified atom stereocenters. The highest BCUT2D eigenvalue weighted by molar-refractivity contribution is 5.45. The van der Waals surface area contributed by atoms with Crippen LogP contribution >= 0.6 is 0 Å². The van der Waals surface area contributed by atoms with Crippen molar-refractivity contribution in [3.8, 4) is 0 Å². The summed E-state index contributed by atoms with van der Waals surface area (Å²) in [6.07, 6.45) is 6.57. The van der Waals surface area contributed by atoms with Gasteiger partial charge in [0.1, 0.15) is 18.0 Å². The van der Waals surface area contributed by atoms with Gasteiger partial charge in [0, 0.05) is 12.6 Å². The molecule has 5 N–H and O–H groups in total. The Kier molecular flexibility index (Phi) is 4.55. The van der Waals surface area contributed by atoms with Crippen LogP contribution in [0.5, 0.6) is 0 Å². The second kappa shape index (κ2) is 6.16. The van der Waals surface area contributed by atoms with Crippen molar-refractivity contribution in [1.82, 2.24) is 9.97 Å². The van der Waals surface area contributed by atoms with Crippen LogP contribution in [0.4, 0.5) is 11.6 Å². The van der Waals surface area contributed by atoms with Gasteiger partial charge in [-0.05, 0) is 31.6 Å². The van der Waals surface area contributed by atoms with Crippen LogP contribution < -0.4 is 16.6 Å². The maximum absolute atomic E-state index is 10.5. The number of nitrogen functional groups attached to an aromatic ring is 1. The van der Waals surface area contributed by atoms with E-state index >= 15 is 0 Å². The lowest BCUT2D eigenvalue weighted by atomic mass is 9.78. The number of aliphatic hydroxyl groups is 1. The molecule has 0 aliphatic heterocycles. The minimum atomic E-state index is -0.618. The lowest BCUT2D eigenvalue weighted by Gasteiger charge is -2.36. The van der Waals surface area contributed by atoms with E-state index in [4.69, 9.17) is 5.84 Å². The van der Waals surface area contributed by atoms with Crippen LogP contribution in [0.3, 0.4) is 0 Å². The zero-order valence-corrected chi connectivity index (χ0v) is 11.4. The second-order valence-corrected chi connectivity index (χ2v) is 5.36. The number of hydrogen-bond donors (Lipinski definition) is 4. The van der Waals surface area contributed by atoms with Gasteiger partial charge in [-0.3, -0.25) is 0 Å². The Hall–Kier alpha value is -1.40. The van der Waals surface area contributed by atoms with E-state index < -0.39 is 5.60 Å². The van der Waals surface area contributed by atoms with Crippen molar-refractivity contribution in [2.45, 2.75) is 44.6 Å². The molecule has 2 rings (SSSR count). The standard InChI is InChI=1S/C13H23N5O/c1-2-10-3-5-13(19,6-4-10)8-15-11-7-12(18-14)17-9-16-11/h7,9-10,19H,2-6,8,14H2,1H3,(H2,15,16,17,18). The molecule has 19 heavy (non-hydrogen) atoms. The molecule has 0 aromatic carbocycles. The first-order valence-electron chi connectivity index (χ1n) is 6.90. The summed E-state index contributed by atoms with van der Waals surface area (Å²) >= 11 is 0. The maximum Gasteiger partial charge on any atom is 0.145 e. The van der Waals surface area contributed by atoms with Gasteiger partial charge in [0.15, 0.2) is 0 Å². The minimum Gasteiger partial charge on any atom is -0.388 e. The molecule has 1 heterocycles. The highest BCUT2D eigenvalue weighted by Gasteiger charge is 2.32. The molecule has 1 fully saturated rings. The summed E-state index contributed by atoms with van der Waals surface area (Å²) in [6.45, 7) is 2.74. The Labute approximate surface area is 113 Å². The zero-order chi connectivity index (χ0) is 13.7. The van der Waals surface area contributed by atoms with Gasteiger partial charge in [0.25, 0.3) is 0 Å². The molecular weight excluding hydrogens is 242 g/mol. The third-order valence-electron chi connectivity index (χ3n) is 4.03. The summed E-state index contributed by atoms with van der Waals surface area (Å²) in [5.41, 5.74) is 1.86. The Morgan fingerprint density at radius 3 is 2.68 bits per heavy atom. The van der Waals surface area contributed by atoms with Crippen LogP contribution in [-0.4, -0.2) is 27.2 Å². The van der Waals surface area contributed by atoms with E-state index in [9.17, 15) is 5.11 Å². The van der Waals surface area contributed by atoms with Crippen LogP contribution in [0.25, 0.3) is 0 Å². The van der Waals surface area contributed by atoms with E-state index in [1.165, 1.54) is 12.7 Å². The van der Waals surface area contributed by atoms with Crippen molar-refractivity contribution in [3.63, 3.8) is 0 Å². The van der Waals surface area contributed by atoms with Crippen LogP contribution in [0.1, 0.15) is 39.0 Å². The third-order valence-corrected chi connectivity index (χ3v) is 4.03. The summed E-state index contributed by atoms with van der Waals surface area (Å²) in [6, 6.07) is 1.72. The quantitative estimate of drug-likeness (QED) is 0.476. The van der Waals surface area contributed by atoms with E-state index in [-0.39, 0.29) is 0 Å². The van der Waals surface area contributed by atoms with Crippen LogP contribution in [0.15, 0.2) is 12.4 Å². The first kappa shape index (κ1) is 14.0. The molecule has 1 aliphatic carbocycles. The highest BCUT2D eigenvalue weighted by Crippen LogP contribution is 2.33. The van der Waals surface area contributed by atoms with Gasteiger partial charge >= 0.3 is 0 Å². The van der Waals surface area contributed by atoms with E-state index in [2.05, 4.69) is 27.6 Å². The summed E-state index contributed by atoms with van der Waals surface area (Å²) in [4.78, 5) is 8.05. The number of nitrogens with zero attached hydrogens (tertiary/aromatic N) is 2. The third kappa shape index (κ3) is 3.78. The van der Waals surface area contributed by atoms with E-state index in [1.807, 2.05) is 0 Å². The first-order valence-corrected chi connectivity index (χ1v) is 6.90. The van der Waals surface area contributed by atoms with Gasteiger partial charge in [0.05, 0.1) is 5.60 Å². The molecule has 1 aromatic heterocycles. The predicted octanol–water partition coefficient (Wildman–Crippen LogP) is 1.51. The number of hydrogen-bond acceptors (Lipinski definition) is 6. The minimum absolute atomic E-state index is 0.518. The van der Waals surface area contributed by atoms with Crippen molar-refractivity contribution in [2.75, 3.05) is 17.3 Å². The van der Waals surface area contributed by atoms with Crippen molar-refractivity contribution in [1.29, 1.82) is 0 Å². The summed E-state index contributed by atoms with van der Waals surface area (Å²) < 4.78 is 0. The predicted molar refractivity (Wildman–Crippen MR) is 75.5 cm³/mol. The fraction of sp³-hybridized carbons (Fsp3) is 0.692. The number of hydrazine groups is 1. The summed E-state index contributed by atoms with van der Waals surface area (Å²) in [5, 5.41) is 13.7. The van der Waals surface area contributed by atoms with Crippen LogP contribution in [-0.2, 0) is 0 Å². The van der Waals surface area contributed by atoms with E-state index in [1.54, 1.807) is 6.07 Å². The monoisotopic (exact) mass is 265 g/mol. The fourth-order valence-electron chi connectivity index (χ4n) is 2.59. The molecule has 1 saturated carbocycles. The van der Waals surface area contributed by atoms with Crippen molar-refractivity contribution in [3.05, 3.63) is 12.4 Å². The van der Waals surface area contributed by atoms with Gasteiger partial charge in [-0.25, -0.2) is 15.8 Å². The highest BCUT2D eigenvalue weighted by atomic mass is 16.3. The van der Waals surface area contributed by atoms with Crippen LogP contribution in [0.2, 0.25) is 0 Å². The zero-order valence-electron chi connectivity index (χ0n) is 11.4. The average molecular weight is 265 g/mol. The Bertz CT molecular complexity index is 404. The molecule has 0 atom stereocenters. The summed E-state index contributed by atoms with van der Waals surface area (Å²) in [5.74, 6) is 7.30.